The molecule has 4 heteroatoms. The first kappa shape index (κ1) is 8.45. The molecule has 0 aliphatic carbocycles. The summed E-state index contributed by atoms with van der Waals surface area (Å²) in [6, 6.07) is 7.40. The van der Waals surface area contributed by atoms with E-state index in [1.165, 1.54) is 6.39 Å². The summed E-state index contributed by atoms with van der Waals surface area (Å²) in [6.45, 7) is 1.90. The zero-order valence-corrected chi connectivity index (χ0v) is 7.56. The SMILES string of the molecule is Cc1cc(C#N)ccc1-c1nnco1. The molecule has 4 nitrogen and oxygen atoms in total. The molecular weight excluding hydrogens is 178 g/mol. The van der Waals surface area contributed by atoms with Crippen molar-refractivity contribution in [1.82, 2.24) is 10.2 Å². The van der Waals surface area contributed by atoms with E-state index in [9.17, 15) is 0 Å². The van der Waals surface area contributed by atoms with Gasteiger partial charge in [-0.15, -0.1) is 10.2 Å². The van der Waals surface area contributed by atoms with Crippen molar-refractivity contribution in [3.8, 4) is 17.5 Å². The van der Waals surface area contributed by atoms with Crippen LogP contribution in [0.3, 0.4) is 0 Å². The van der Waals surface area contributed by atoms with Gasteiger partial charge < -0.3 is 4.42 Å². The van der Waals surface area contributed by atoms with Gasteiger partial charge in [0, 0.05) is 5.56 Å². The monoisotopic (exact) mass is 185 g/mol. The van der Waals surface area contributed by atoms with Crippen LogP contribution in [0.1, 0.15) is 11.1 Å². The van der Waals surface area contributed by atoms with Crippen molar-refractivity contribution < 1.29 is 4.42 Å². The molecule has 2 rings (SSSR count). The van der Waals surface area contributed by atoms with Gasteiger partial charge in [-0.25, -0.2) is 0 Å². The highest BCUT2D eigenvalue weighted by Crippen LogP contribution is 2.21. The average Bonchev–Trinajstić information content (AvgIpc) is 2.70. The van der Waals surface area contributed by atoms with Gasteiger partial charge in [0.25, 0.3) is 0 Å². The second kappa shape index (κ2) is 3.30. The van der Waals surface area contributed by atoms with E-state index < -0.39 is 0 Å². The molecule has 0 saturated carbocycles. The van der Waals surface area contributed by atoms with E-state index in [0.29, 0.717) is 11.5 Å². The van der Waals surface area contributed by atoms with E-state index in [1.807, 2.05) is 6.92 Å². The molecule has 68 valence electrons. The van der Waals surface area contributed by atoms with Crippen LogP contribution in [0.2, 0.25) is 0 Å². The number of nitriles is 1. The van der Waals surface area contributed by atoms with Crippen molar-refractivity contribution >= 4 is 0 Å². The molecule has 0 unspecified atom stereocenters. The summed E-state index contributed by atoms with van der Waals surface area (Å²) in [6.07, 6.45) is 1.28. The average molecular weight is 185 g/mol. The van der Waals surface area contributed by atoms with Crippen LogP contribution in [-0.2, 0) is 0 Å². The number of aryl methyl sites for hydroxylation is 1. The summed E-state index contributed by atoms with van der Waals surface area (Å²) in [4.78, 5) is 0. The van der Waals surface area contributed by atoms with Gasteiger partial charge in [0.15, 0.2) is 0 Å². The Kier molecular flexibility index (Phi) is 1.99. The van der Waals surface area contributed by atoms with Crippen LogP contribution in [0.15, 0.2) is 29.0 Å². The summed E-state index contributed by atoms with van der Waals surface area (Å²) in [5, 5.41) is 16.1. The zero-order valence-electron chi connectivity index (χ0n) is 7.56. The first-order valence-corrected chi connectivity index (χ1v) is 4.08. The van der Waals surface area contributed by atoms with Gasteiger partial charge in [0.2, 0.25) is 12.3 Å². The largest absolute Gasteiger partial charge is 0.423 e. The van der Waals surface area contributed by atoms with E-state index in [-0.39, 0.29) is 0 Å². The minimum absolute atomic E-state index is 0.479. The lowest BCUT2D eigenvalue weighted by Crippen LogP contribution is -1.85. The first-order valence-electron chi connectivity index (χ1n) is 4.08. The van der Waals surface area contributed by atoms with Gasteiger partial charge in [0.1, 0.15) is 0 Å². The van der Waals surface area contributed by atoms with Crippen LogP contribution in [0.25, 0.3) is 11.5 Å². The van der Waals surface area contributed by atoms with Crippen molar-refractivity contribution in [1.29, 1.82) is 5.26 Å². The van der Waals surface area contributed by atoms with Crippen molar-refractivity contribution in [3.05, 3.63) is 35.7 Å². The fraction of sp³-hybridized carbons (Fsp3) is 0.100. The molecule has 0 radical (unpaired) electrons. The molecule has 14 heavy (non-hydrogen) atoms. The zero-order chi connectivity index (χ0) is 9.97. The maximum atomic E-state index is 8.68. The molecule has 1 aromatic carbocycles. The quantitative estimate of drug-likeness (QED) is 0.680. The Morgan fingerprint density at radius 3 is 2.86 bits per heavy atom. The Morgan fingerprint density at radius 2 is 2.29 bits per heavy atom. The number of rotatable bonds is 1. The number of hydrogen-bond donors (Lipinski definition) is 0. The van der Waals surface area contributed by atoms with Gasteiger partial charge in [0.05, 0.1) is 11.6 Å². The third kappa shape index (κ3) is 1.36. The molecule has 0 aliphatic rings. The Hall–Kier alpha value is -2.15. The molecule has 0 N–H and O–H groups in total. The van der Waals surface area contributed by atoms with Gasteiger partial charge in [-0.3, -0.25) is 0 Å². The molecule has 0 bridgehead atoms. The van der Waals surface area contributed by atoms with Crippen LogP contribution >= 0.6 is 0 Å². The topological polar surface area (TPSA) is 62.7 Å². The molecular formula is C10H7N3O. The lowest BCUT2D eigenvalue weighted by Gasteiger charge is -1.99. The third-order valence-electron chi connectivity index (χ3n) is 1.95. The Balaban J connectivity index is 2.52. The third-order valence-corrected chi connectivity index (χ3v) is 1.95. The standard InChI is InChI=1S/C10H7N3O/c1-7-4-8(5-11)2-3-9(7)10-13-12-6-14-10/h2-4,6H,1H3. The lowest BCUT2D eigenvalue weighted by molar-refractivity contribution is 0.568. The van der Waals surface area contributed by atoms with Gasteiger partial charge in [-0.1, -0.05) is 0 Å². The Morgan fingerprint density at radius 1 is 1.43 bits per heavy atom. The minimum Gasteiger partial charge on any atom is -0.423 e. The number of hydrogen-bond acceptors (Lipinski definition) is 4. The molecule has 0 amide bonds. The van der Waals surface area contributed by atoms with E-state index in [2.05, 4.69) is 16.3 Å². The van der Waals surface area contributed by atoms with Crippen molar-refractivity contribution in [2.75, 3.05) is 0 Å². The predicted molar refractivity (Wildman–Crippen MR) is 49.2 cm³/mol. The second-order valence-corrected chi connectivity index (χ2v) is 2.89. The molecule has 1 heterocycles. The molecule has 0 fully saturated rings. The molecule has 2 aromatic rings. The molecule has 0 saturated heterocycles. The van der Waals surface area contributed by atoms with Gasteiger partial charge in [-0.2, -0.15) is 5.26 Å². The summed E-state index contributed by atoms with van der Waals surface area (Å²) in [5.41, 5.74) is 2.44. The van der Waals surface area contributed by atoms with Crippen LogP contribution in [0.5, 0.6) is 0 Å². The molecule has 1 aromatic heterocycles. The van der Waals surface area contributed by atoms with Crippen LogP contribution in [-0.4, -0.2) is 10.2 Å². The maximum absolute atomic E-state index is 8.68. The van der Waals surface area contributed by atoms with E-state index in [4.69, 9.17) is 9.68 Å². The van der Waals surface area contributed by atoms with Crippen molar-refractivity contribution in [2.24, 2.45) is 0 Å². The normalized spacial score (nSPS) is 9.71. The Labute approximate surface area is 80.8 Å². The second-order valence-electron chi connectivity index (χ2n) is 2.89. The van der Waals surface area contributed by atoms with E-state index in [1.54, 1.807) is 18.2 Å². The predicted octanol–water partition coefficient (Wildman–Crippen LogP) is 1.92. The van der Waals surface area contributed by atoms with Crippen molar-refractivity contribution in [3.63, 3.8) is 0 Å². The van der Waals surface area contributed by atoms with Gasteiger partial charge >= 0.3 is 0 Å². The highest BCUT2D eigenvalue weighted by Gasteiger charge is 2.06. The van der Waals surface area contributed by atoms with Gasteiger partial charge in [-0.05, 0) is 30.7 Å². The van der Waals surface area contributed by atoms with E-state index >= 15 is 0 Å². The smallest absolute Gasteiger partial charge is 0.247 e. The van der Waals surface area contributed by atoms with Crippen LogP contribution < -0.4 is 0 Å². The maximum Gasteiger partial charge on any atom is 0.247 e. The van der Waals surface area contributed by atoms with Crippen molar-refractivity contribution in [2.45, 2.75) is 6.92 Å². The number of aromatic nitrogens is 2. The number of nitrogens with zero attached hydrogens (tertiary/aromatic N) is 3. The lowest BCUT2D eigenvalue weighted by atomic mass is 10.1. The first-order chi connectivity index (χ1) is 6.81. The van der Waals surface area contributed by atoms with Crippen LogP contribution in [0, 0.1) is 18.3 Å². The summed E-state index contributed by atoms with van der Waals surface area (Å²) < 4.78 is 5.07. The molecule has 0 spiro atoms. The number of benzene rings is 1. The summed E-state index contributed by atoms with van der Waals surface area (Å²) in [7, 11) is 0. The summed E-state index contributed by atoms with van der Waals surface area (Å²) >= 11 is 0. The highest BCUT2D eigenvalue weighted by molar-refractivity contribution is 5.59. The van der Waals surface area contributed by atoms with E-state index in [0.717, 1.165) is 11.1 Å². The summed E-state index contributed by atoms with van der Waals surface area (Å²) in [5.74, 6) is 0.479. The fourth-order valence-electron chi connectivity index (χ4n) is 1.26. The van der Waals surface area contributed by atoms with Crippen LogP contribution in [0.4, 0.5) is 0 Å². The molecule has 0 atom stereocenters. The molecule has 0 aliphatic heterocycles. The fourth-order valence-corrected chi connectivity index (χ4v) is 1.26. The highest BCUT2D eigenvalue weighted by atomic mass is 16.4. The Bertz CT molecular complexity index is 483. The minimum atomic E-state index is 0.479.